The van der Waals surface area contributed by atoms with Crippen molar-refractivity contribution in [3.05, 3.63) is 22.6 Å². The maximum Gasteiger partial charge on any atom is 0.303 e. The van der Waals surface area contributed by atoms with Crippen LogP contribution < -0.4 is 0 Å². The fourth-order valence-electron chi connectivity index (χ4n) is 2.43. The minimum atomic E-state index is -0.821. The summed E-state index contributed by atoms with van der Waals surface area (Å²) < 4.78 is 5.80. The van der Waals surface area contributed by atoms with Gasteiger partial charge in [0.05, 0.1) is 0 Å². The number of aliphatic carboxylic acids is 1. The van der Waals surface area contributed by atoms with E-state index in [1.807, 2.05) is 0 Å². The smallest absolute Gasteiger partial charge is 0.303 e. The summed E-state index contributed by atoms with van der Waals surface area (Å²) in [4.78, 5) is 24.7. The number of nitrogens with zero attached hydrogens (tertiary/aromatic N) is 1. The summed E-state index contributed by atoms with van der Waals surface area (Å²) in [6.45, 7) is 0.668. The van der Waals surface area contributed by atoms with E-state index in [2.05, 4.69) is 15.9 Å². The number of carbonyl (C=O) groups excluding carboxylic acids is 1. The van der Waals surface area contributed by atoms with E-state index in [4.69, 9.17) is 9.52 Å². The fourth-order valence-corrected chi connectivity index (χ4v) is 2.74. The molecule has 104 valence electrons. The summed E-state index contributed by atoms with van der Waals surface area (Å²) in [7, 11) is 0. The Kier molecular flexibility index (Phi) is 4.63. The van der Waals surface area contributed by atoms with Crippen molar-refractivity contribution in [2.45, 2.75) is 38.1 Å². The summed E-state index contributed by atoms with van der Waals surface area (Å²) in [5, 5.41) is 8.76. The van der Waals surface area contributed by atoms with Gasteiger partial charge in [0.2, 0.25) is 0 Å². The zero-order valence-electron chi connectivity index (χ0n) is 10.5. The van der Waals surface area contributed by atoms with Gasteiger partial charge in [-0.3, -0.25) is 9.59 Å². The molecule has 0 spiro atoms. The van der Waals surface area contributed by atoms with Crippen molar-refractivity contribution in [1.82, 2.24) is 4.90 Å². The number of likely N-dealkylation sites (tertiary alicyclic amines) is 1. The molecule has 2 rings (SSSR count). The molecule has 1 aliphatic rings. The predicted octanol–water partition coefficient (Wildman–Crippen LogP) is 2.90. The number of carboxylic acid groups (broad SMARTS) is 1. The molecule has 1 N–H and O–H groups in total. The van der Waals surface area contributed by atoms with E-state index < -0.39 is 5.97 Å². The molecule has 1 saturated heterocycles. The average molecular weight is 330 g/mol. The third-order valence-corrected chi connectivity index (χ3v) is 3.79. The van der Waals surface area contributed by atoms with E-state index in [1.165, 1.54) is 0 Å². The lowest BCUT2D eigenvalue weighted by Crippen LogP contribution is -2.43. The van der Waals surface area contributed by atoms with E-state index in [0.29, 0.717) is 23.4 Å². The Morgan fingerprint density at radius 3 is 2.84 bits per heavy atom. The monoisotopic (exact) mass is 329 g/mol. The second-order valence-corrected chi connectivity index (χ2v) is 5.47. The number of furan rings is 1. The van der Waals surface area contributed by atoms with Gasteiger partial charge in [-0.1, -0.05) is 0 Å². The Bertz CT molecular complexity index is 471. The first-order valence-electron chi connectivity index (χ1n) is 6.36. The fraction of sp³-hybridized carbons (Fsp3) is 0.538. The van der Waals surface area contributed by atoms with Crippen LogP contribution in [0.4, 0.5) is 0 Å². The molecule has 1 fully saturated rings. The van der Waals surface area contributed by atoms with Crippen LogP contribution in [0, 0.1) is 0 Å². The normalized spacial score (nSPS) is 19.4. The van der Waals surface area contributed by atoms with E-state index in [1.54, 1.807) is 17.0 Å². The van der Waals surface area contributed by atoms with Crippen molar-refractivity contribution in [2.75, 3.05) is 6.54 Å². The van der Waals surface area contributed by atoms with Gasteiger partial charge in [-0.2, -0.15) is 0 Å². The van der Waals surface area contributed by atoms with E-state index in [-0.39, 0.29) is 18.4 Å². The number of hydrogen-bond acceptors (Lipinski definition) is 3. The largest absolute Gasteiger partial charge is 0.481 e. The van der Waals surface area contributed by atoms with Crippen LogP contribution in [0.2, 0.25) is 0 Å². The number of rotatable bonds is 4. The highest BCUT2D eigenvalue weighted by Crippen LogP contribution is 2.24. The third kappa shape index (κ3) is 3.59. The van der Waals surface area contributed by atoms with Crippen LogP contribution >= 0.6 is 15.9 Å². The zero-order chi connectivity index (χ0) is 13.8. The molecule has 2 heterocycles. The van der Waals surface area contributed by atoms with Crippen molar-refractivity contribution in [3.8, 4) is 0 Å². The highest BCUT2D eigenvalue weighted by atomic mass is 79.9. The van der Waals surface area contributed by atoms with Crippen LogP contribution in [-0.2, 0) is 4.79 Å². The molecule has 0 unspecified atom stereocenters. The molecule has 5 nitrogen and oxygen atoms in total. The van der Waals surface area contributed by atoms with Gasteiger partial charge in [0, 0.05) is 19.0 Å². The van der Waals surface area contributed by atoms with Crippen LogP contribution in [0.15, 0.2) is 21.2 Å². The van der Waals surface area contributed by atoms with Crippen LogP contribution in [0.3, 0.4) is 0 Å². The summed E-state index contributed by atoms with van der Waals surface area (Å²) in [6, 6.07) is 3.32. The Morgan fingerprint density at radius 1 is 1.42 bits per heavy atom. The molecule has 1 aliphatic heterocycles. The van der Waals surface area contributed by atoms with E-state index >= 15 is 0 Å². The minimum absolute atomic E-state index is 0.00113. The summed E-state index contributed by atoms with van der Waals surface area (Å²) in [5.41, 5.74) is 0. The quantitative estimate of drug-likeness (QED) is 0.921. The number of halogens is 1. The maximum atomic E-state index is 12.3. The molecule has 1 amide bonds. The molecule has 19 heavy (non-hydrogen) atoms. The third-order valence-electron chi connectivity index (χ3n) is 3.36. The van der Waals surface area contributed by atoms with Gasteiger partial charge in [-0.25, -0.2) is 0 Å². The second kappa shape index (κ2) is 6.23. The molecule has 0 bridgehead atoms. The lowest BCUT2D eigenvalue weighted by molar-refractivity contribution is -0.137. The molecule has 0 aromatic carbocycles. The first-order valence-corrected chi connectivity index (χ1v) is 7.15. The molecule has 1 aromatic heterocycles. The molecule has 0 radical (unpaired) electrons. The van der Waals surface area contributed by atoms with Crippen molar-refractivity contribution in [2.24, 2.45) is 0 Å². The first-order chi connectivity index (χ1) is 9.08. The van der Waals surface area contributed by atoms with Gasteiger partial charge in [-0.15, -0.1) is 0 Å². The highest BCUT2D eigenvalue weighted by molar-refractivity contribution is 9.10. The van der Waals surface area contributed by atoms with Crippen molar-refractivity contribution >= 4 is 27.8 Å². The predicted molar refractivity (Wildman–Crippen MR) is 72.0 cm³/mol. The van der Waals surface area contributed by atoms with Gasteiger partial charge in [0.1, 0.15) is 0 Å². The number of hydrogen-bond donors (Lipinski definition) is 1. The number of carbonyl (C=O) groups is 2. The van der Waals surface area contributed by atoms with Gasteiger partial charge >= 0.3 is 5.97 Å². The van der Waals surface area contributed by atoms with Crippen LogP contribution in [0.1, 0.15) is 42.7 Å². The molecular formula is C13H16BrNO4. The topological polar surface area (TPSA) is 70.8 Å². The van der Waals surface area contributed by atoms with Crippen molar-refractivity contribution in [1.29, 1.82) is 0 Å². The van der Waals surface area contributed by atoms with Crippen LogP contribution in [0.5, 0.6) is 0 Å². The zero-order valence-corrected chi connectivity index (χ0v) is 12.1. The number of amides is 1. The van der Waals surface area contributed by atoms with Crippen LogP contribution in [-0.4, -0.2) is 34.5 Å². The standard InChI is InChI=1S/C13H16BrNO4/c14-11-6-5-10(19-11)13(18)15-8-2-1-3-9(15)4-7-12(16)17/h5-6,9H,1-4,7-8H2,(H,16,17)/t9-/m1/s1. The molecule has 0 saturated carbocycles. The Hall–Kier alpha value is -1.30. The molecule has 1 atom stereocenters. The second-order valence-electron chi connectivity index (χ2n) is 4.68. The Balaban J connectivity index is 2.06. The lowest BCUT2D eigenvalue weighted by Gasteiger charge is -2.35. The highest BCUT2D eigenvalue weighted by Gasteiger charge is 2.29. The Morgan fingerprint density at radius 2 is 2.21 bits per heavy atom. The van der Waals surface area contributed by atoms with Gasteiger partial charge in [0.25, 0.3) is 5.91 Å². The van der Waals surface area contributed by atoms with Crippen LogP contribution in [0.25, 0.3) is 0 Å². The number of carboxylic acids is 1. The lowest BCUT2D eigenvalue weighted by atomic mass is 9.97. The van der Waals surface area contributed by atoms with Crippen molar-refractivity contribution in [3.63, 3.8) is 0 Å². The average Bonchev–Trinajstić information content (AvgIpc) is 2.82. The van der Waals surface area contributed by atoms with E-state index in [0.717, 1.165) is 19.3 Å². The van der Waals surface area contributed by atoms with Gasteiger partial charge in [-0.05, 0) is 53.7 Å². The van der Waals surface area contributed by atoms with E-state index in [9.17, 15) is 9.59 Å². The summed E-state index contributed by atoms with van der Waals surface area (Å²) in [6.07, 6.45) is 3.45. The SMILES string of the molecule is O=C(O)CC[C@H]1CCCCN1C(=O)c1ccc(Br)o1. The van der Waals surface area contributed by atoms with Gasteiger partial charge in [0.15, 0.2) is 10.4 Å². The molecular weight excluding hydrogens is 314 g/mol. The summed E-state index contributed by atoms with van der Waals surface area (Å²) in [5.74, 6) is -0.673. The molecule has 6 heteroatoms. The van der Waals surface area contributed by atoms with Crippen molar-refractivity contribution < 1.29 is 19.1 Å². The van der Waals surface area contributed by atoms with Gasteiger partial charge < -0.3 is 14.4 Å². The summed E-state index contributed by atoms with van der Waals surface area (Å²) >= 11 is 3.17. The minimum Gasteiger partial charge on any atom is -0.481 e. The number of piperidine rings is 1. The maximum absolute atomic E-state index is 12.3. The molecule has 0 aliphatic carbocycles. The Labute approximate surface area is 119 Å². The molecule has 1 aromatic rings. The first kappa shape index (κ1) is 14.1.